The van der Waals surface area contributed by atoms with Gasteiger partial charge in [0.1, 0.15) is 17.1 Å². The van der Waals surface area contributed by atoms with E-state index in [1.165, 1.54) is 6.07 Å². The molecule has 2 N–H and O–H groups in total. The summed E-state index contributed by atoms with van der Waals surface area (Å²) in [6.45, 7) is 7.66. The van der Waals surface area contributed by atoms with Gasteiger partial charge in [-0.1, -0.05) is 51.3 Å². The molecule has 192 valence electrons. The maximum Gasteiger partial charge on any atom is 0.273 e. The second kappa shape index (κ2) is 11.2. The van der Waals surface area contributed by atoms with E-state index in [4.69, 9.17) is 21.1 Å². The fourth-order valence-corrected chi connectivity index (χ4v) is 4.76. The second-order valence-electron chi connectivity index (χ2n) is 9.57. The molecule has 2 aromatic carbocycles. The van der Waals surface area contributed by atoms with E-state index in [1.54, 1.807) is 19.2 Å². The second-order valence-corrected chi connectivity index (χ2v) is 10.0. The Labute approximate surface area is 217 Å². The number of H-pyrrole nitrogens is 1. The first-order valence-corrected chi connectivity index (χ1v) is 12.9. The summed E-state index contributed by atoms with van der Waals surface area (Å²) in [6, 6.07) is 10.2. The average Bonchev–Trinajstić information content (AvgIpc) is 3.40. The van der Waals surface area contributed by atoms with Crippen LogP contribution in [0.4, 0.5) is 0 Å². The van der Waals surface area contributed by atoms with Crippen LogP contribution in [-0.4, -0.2) is 46.4 Å². The number of hydrogen-bond donors (Lipinski definition) is 2. The lowest BCUT2D eigenvalue weighted by molar-refractivity contribution is 0.0740. The van der Waals surface area contributed by atoms with Crippen LogP contribution >= 0.6 is 11.6 Å². The molecule has 1 aromatic heterocycles. The van der Waals surface area contributed by atoms with Crippen molar-refractivity contribution in [2.75, 3.05) is 20.3 Å². The molecule has 0 saturated carbocycles. The number of nitrogens with one attached hydrogen (secondary N) is 1. The summed E-state index contributed by atoms with van der Waals surface area (Å²) in [4.78, 5) is 15.4. The molecule has 1 aliphatic rings. The molecule has 0 saturated heterocycles. The minimum absolute atomic E-state index is 0.0517. The van der Waals surface area contributed by atoms with Crippen molar-refractivity contribution in [3.63, 3.8) is 0 Å². The number of phenolic OH excluding ortho intramolecular Hbond substituents is 1. The highest BCUT2D eigenvalue weighted by atomic mass is 35.5. The molecule has 0 spiro atoms. The van der Waals surface area contributed by atoms with Gasteiger partial charge in [-0.05, 0) is 54.7 Å². The van der Waals surface area contributed by atoms with Crippen molar-refractivity contribution in [2.24, 2.45) is 5.92 Å². The Kier molecular flexibility index (Phi) is 8.09. The Bertz CT molecular complexity index is 1220. The highest BCUT2D eigenvalue weighted by Crippen LogP contribution is 2.46. The van der Waals surface area contributed by atoms with E-state index >= 15 is 0 Å². The monoisotopic (exact) mass is 511 g/mol. The largest absolute Gasteiger partial charge is 0.507 e. The molecule has 1 aliphatic heterocycles. The van der Waals surface area contributed by atoms with Gasteiger partial charge in [0.05, 0.1) is 19.8 Å². The van der Waals surface area contributed by atoms with Gasteiger partial charge in [0.15, 0.2) is 11.5 Å². The number of halogens is 1. The van der Waals surface area contributed by atoms with Crippen LogP contribution in [0.25, 0.3) is 11.3 Å². The number of nitrogens with zero attached hydrogens (tertiary/aromatic N) is 2. The Balaban J connectivity index is 1.78. The van der Waals surface area contributed by atoms with E-state index < -0.39 is 6.04 Å². The quantitative estimate of drug-likeness (QED) is 0.283. The summed E-state index contributed by atoms with van der Waals surface area (Å²) in [5.41, 5.74) is 3.04. The zero-order valence-electron chi connectivity index (χ0n) is 21.3. The lowest BCUT2D eigenvalue weighted by Crippen LogP contribution is -2.30. The fraction of sp³-hybridized carbons (Fsp3) is 0.429. The van der Waals surface area contributed by atoms with Gasteiger partial charge in [-0.3, -0.25) is 9.89 Å². The maximum atomic E-state index is 13.5. The van der Waals surface area contributed by atoms with E-state index in [1.807, 2.05) is 23.1 Å². The summed E-state index contributed by atoms with van der Waals surface area (Å²) < 4.78 is 11.7. The zero-order valence-corrected chi connectivity index (χ0v) is 22.1. The Morgan fingerprint density at radius 1 is 1.17 bits per heavy atom. The highest BCUT2D eigenvalue weighted by molar-refractivity contribution is 6.31. The number of methoxy groups -OCH3 is 1. The molecule has 3 aromatic rings. The SMILES string of the molecule is CCCCCN1C(=O)c2[nH]nc(-c3cc(Cl)ccc3O)c2C1c1ccc(OCCC(C)C)c(OC)c1. The number of fused-ring (bicyclic) bond motifs is 1. The van der Waals surface area contributed by atoms with E-state index in [-0.39, 0.29) is 11.7 Å². The molecule has 8 heteroatoms. The number of hydrogen-bond acceptors (Lipinski definition) is 5. The Morgan fingerprint density at radius 3 is 2.69 bits per heavy atom. The number of ether oxygens (including phenoxy) is 2. The van der Waals surface area contributed by atoms with Crippen molar-refractivity contribution in [2.45, 2.75) is 52.5 Å². The first-order chi connectivity index (χ1) is 17.3. The molecule has 7 nitrogen and oxygen atoms in total. The summed E-state index contributed by atoms with van der Waals surface area (Å²) in [7, 11) is 1.62. The van der Waals surface area contributed by atoms with Crippen LogP contribution in [-0.2, 0) is 0 Å². The number of rotatable bonds is 11. The topological polar surface area (TPSA) is 87.7 Å². The van der Waals surface area contributed by atoms with Crippen LogP contribution in [0.5, 0.6) is 17.2 Å². The summed E-state index contributed by atoms with van der Waals surface area (Å²) in [5, 5.41) is 18.4. The minimum atomic E-state index is -0.393. The Hall–Kier alpha value is -3.19. The van der Waals surface area contributed by atoms with Crippen molar-refractivity contribution in [3.8, 4) is 28.5 Å². The van der Waals surface area contributed by atoms with E-state index in [0.29, 0.717) is 52.5 Å². The van der Waals surface area contributed by atoms with Gasteiger partial charge >= 0.3 is 0 Å². The van der Waals surface area contributed by atoms with Crippen LogP contribution < -0.4 is 9.47 Å². The smallest absolute Gasteiger partial charge is 0.273 e. The molecule has 1 amide bonds. The number of aromatic nitrogens is 2. The fourth-order valence-electron chi connectivity index (χ4n) is 4.59. The lowest BCUT2D eigenvalue weighted by Gasteiger charge is -2.27. The molecule has 0 radical (unpaired) electrons. The van der Waals surface area contributed by atoms with Crippen LogP contribution in [0.1, 0.15) is 74.1 Å². The van der Waals surface area contributed by atoms with Gasteiger partial charge in [0.2, 0.25) is 0 Å². The molecule has 1 unspecified atom stereocenters. The molecule has 0 bridgehead atoms. The van der Waals surface area contributed by atoms with Crippen molar-refractivity contribution < 1.29 is 19.4 Å². The third-order valence-electron chi connectivity index (χ3n) is 6.54. The van der Waals surface area contributed by atoms with Crippen molar-refractivity contribution in [1.29, 1.82) is 0 Å². The number of carbonyl (C=O) groups excluding carboxylic acids is 1. The minimum Gasteiger partial charge on any atom is -0.507 e. The average molecular weight is 512 g/mol. The van der Waals surface area contributed by atoms with E-state index in [0.717, 1.165) is 36.8 Å². The molecular weight excluding hydrogens is 478 g/mol. The molecule has 2 heterocycles. The van der Waals surface area contributed by atoms with Gasteiger partial charge in [-0.2, -0.15) is 5.10 Å². The first-order valence-electron chi connectivity index (χ1n) is 12.5. The number of phenols is 1. The van der Waals surface area contributed by atoms with Crippen LogP contribution in [0.2, 0.25) is 5.02 Å². The van der Waals surface area contributed by atoms with Crippen LogP contribution in [0.3, 0.4) is 0 Å². The van der Waals surface area contributed by atoms with Gasteiger partial charge in [-0.25, -0.2) is 0 Å². The van der Waals surface area contributed by atoms with Crippen molar-refractivity contribution >= 4 is 17.5 Å². The number of unbranched alkanes of at least 4 members (excludes halogenated alkanes) is 2. The molecule has 0 aliphatic carbocycles. The zero-order chi connectivity index (χ0) is 25.8. The first kappa shape index (κ1) is 25.9. The van der Waals surface area contributed by atoms with Gasteiger partial charge in [0, 0.05) is 22.7 Å². The van der Waals surface area contributed by atoms with Crippen LogP contribution in [0, 0.1) is 5.92 Å². The van der Waals surface area contributed by atoms with E-state index in [9.17, 15) is 9.90 Å². The maximum absolute atomic E-state index is 13.5. The third-order valence-corrected chi connectivity index (χ3v) is 6.77. The number of aromatic hydroxyl groups is 1. The third kappa shape index (κ3) is 5.16. The normalized spacial score (nSPS) is 15.0. The predicted molar refractivity (Wildman–Crippen MR) is 141 cm³/mol. The number of aromatic amines is 1. The molecule has 0 fully saturated rings. The van der Waals surface area contributed by atoms with Crippen LogP contribution in [0.15, 0.2) is 36.4 Å². The van der Waals surface area contributed by atoms with Crippen molar-refractivity contribution in [1.82, 2.24) is 15.1 Å². The molecule has 36 heavy (non-hydrogen) atoms. The van der Waals surface area contributed by atoms with Crippen molar-refractivity contribution in [3.05, 3.63) is 58.2 Å². The lowest BCUT2D eigenvalue weighted by atomic mass is 9.95. The molecule has 4 rings (SSSR count). The Morgan fingerprint density at radius 2 is 1.97 bits per heavy atom. The number of amides is 1. The summed E-state index contributed by atoms with van der Waals surface area (Å²) in [6.07, 6.45) is 3.91. The highest BCUT2D eigenvalue weighted by Gasteiger charge is 2.42. The number of carbonyl (C=O) groups is 1. The predicted octanol–water partition coefficient (Wildman–Crippen LogP) is 6.60. The standard InChI is InChI=1S/C28H34ClN3O4/c1-5-6-7-13-32-27(18-8-11-22(23(15-18)35-4)36-14-12-17(2)3)24-25(30-31-26(24)28(32)34)20-16-19(29)9-10-21(20)33/h8-11,15-17,27,33H,5-7,12-14H2,1-4H3,(H,30,31). The summed E-state index contributed by atoms with van der Waals surface area (Å²) >= 11 is 6.24. The van der Waals surface area contributed by atoms with Gasteiger partial charge in [0.25, 0.3) is 5.91 Å². The van der Waals surface area contributed by atoms with Gasteiger partial charge in [-0.15, -0.1) is 0 Å². The number of benzene rings is 2. The van der Waals surface area contributed by atoms with Gasteiger partial charge < -0.3 is 19.5 Å². The van der Waals surface area contributed by atoms with E-state index in [2.05, 4.69) is 31.0 Å². The molecular formula is C28H34ClN3O4. The molecule has 1 atom stereocenters. The summed E-state index contributed by atoms with van der Waals surface area (Å²) in [5.74, 6) is 1.76.